The molecule has 0 unspecified atom stereocenters. The first kappa shape index (κ1) is 24.3. The van der Waals surface area contributed by atoms with Gasteiger partial charge in [0.15, 0.2) is 5.75 Å². The quantitative estimate of drug-likeness (QED) is 0.287. The third-order valence-electron chi connectivity index (χ3n) is 5.10. The summed E-state index contributed by atoms with van der Waals surface area (Å²) < 4.78 is 12.7. The maximum absolute atomic E-state index is 12.9. The number of benzene rings is 1. The van der Waals surface area contributed by atoms with Crippen LogP contribution in [0.2, 0.25) is 10.0 Å². The zero-order chi connectivity index (χ0) is 23.1. The number of carbonyl (C=O) groups excluding carboxylic acids is 2. The smallest absolute Gasteiger partial charge is 0.279 e. The number of carbonyl (C=O) groups is 2. The van der Waals surface area contributed by atoms with Crippen LogP contribution in [0.15, 0.2) is 24.4 Å². The average Bonchev–Trinajstić information content (AvgIpc) is 3.13. The fourth-order valence-electron chi connectivity index (χ4n) is 3.43. The summed E-state index contributed by atoms with van der Waals surface area (Å²) in [5, 5.41) is 12.7. The van der Waals surface area contributed by atoms with Crippen LogP contribution in [-0.4, -0.2) is 65.9 Å². The van der Waals surface area contributed by atoms with Gasteiger partial charge in [-0.05, 0) is 30.7 Å². The first-order valence-corrected chi connectivity index (χ1v) is 10.9. The van der Waals surface area contributed by atoms with Crippen molar-refractivity contribution >= 4 is 35.0 Å². The summed E-state index contributed by atoms with van der Waals surface area (Å²) in [5.41, 5.74) is 2.50. The van der Waals surface area contributed by atoms with Crippen molar-refractivity contribution in [1.29, 1.82) is 0 Å². The highest BCUT2D eigenvalue weighted by Gasteiger charge is 2.26. The minimum absolute atomic E-state index is 0.0357. The third kappa shape index (κ3) is 6.14. The van der Waals surface area contributed by atoms with Crippen LogP contribution < -0.4 is 15.5 Å². The summed E-state index contributed by atoms with van der Waals surface area (Å²) in [6.07, 6.45) is 2.21. The Morgan fingerprint density at radius 3 is 2.62 bits per heavy atom. The van der Waals surface area contributed by atoms with Gasteiger partial charge in [0.2, 0.25) is 0 Å². The Morgan fingerprint density at radius 1 is 1.19 bits per heavy atom. The molecule has 1 aromatic carbocycles. The molecule has 0 spiro atoms. The molecule has 3 N–H and O–H groups in total. The topological polar surface area (TPSA) is 105 Å². The van der Waals surface area contributed by atoms with Gasteiger partial charge in [0.1, 0.15) is 17.9 Å². The predicted molar refractivity (Wildman–Crippen MR) is 120 cm³/mol. The minimum Gasteiger partial charge on any atom is -0.486 e. The molecular weight excluding hydrogens is 459 g/mol. The lowest BCUT2D eigenvalue weighted by Gasteiger charge is -2.26. The molecule has 3 rings (SSSR count). The molecule has 9 nitrogen and oxygen atoms in total. The number of aromatic nitrogens is 1. The summed E-state index contributed by atoms with van der Waals surface area (Å²) in [6.45, 7) is 4.60. The molecule has 2 heterocycles. The highest BCUT2D eigenvalue weighted by Crippen LogP contribution is 2.28. The van der Waals surface area contributed by atoms with Gasteiger partial charge < -0.3 is 19.4 Å². The number of morpholine rings is 1. The molecule has 0 aliphatic carbocycles. The Balaban J connectivity index is 1.69. The minimum atomic E-state index is -0.781. The largest absolute Gasteiger partial charge is 0.486 e. The number of hydroxylamine groups is 1. The Labute approximate surface area is 196 Å². The molecule has 2 aromatic rings. The van der Waals surface area contributed by atoms with E-state index in [0.717, 1.165) is 39.3 Å². The highest BCUT2D eigenvalue weighted by molar-refractivity contribution is 6.42. The standard InChI is InChI=1S/C21H26Cl2N4O5/c1-26-12-15(20(28)25-30)19(32-13-14-3-4-16(22)17(23)11-14)18(26)21(29)24-5-2-6-27-7-9-31-10-8-27/h3-4,11-12,30H,2,5-10,13H2,1H3,(H,24,29)(H,25,28). The predicted octanol–water partition coefficient (Wildman–Crippen LogP) is 2.48. The van der Waals surface area contributed by atoms with E-state index in [-0.39, 0.29) is 29.5 Å². The summed E-state index contributed by atoms with van der Waals surface area (Å²) in [7, 11) is 1.63. The second-order valence-corrected chi connectivity index (χ2v) is 8.19. The van der Waals surface area contributed by atoms with Gasteiger partial charge in [-0.15, -0.1) is 0 Å². The molecule has 0 radical (unpaired) electrons. The summed E-state index contributed by atoms with van der Waals surface area (Å²) >= 11 is 12.0. The van der Waals surface area contributed by atoms with E-state index in [1.165, 1.54) is 10.8 Å². The van der Waals surface area contributed by atoms with Gasteiger partial charge in [0, 0.05) is 32.9 Å². The van der Waals surface area contributed by atoms with Gasteiger partial charge in [-0.3, -0.25) is 19.7 Å². The van der Waals surface area contributed by atoms with Crippen LogP contribution in [0, 0.1) is 0 Å². The van der Waals surface area contributed by atoms with E-state index in [9.17, 15) is 9.59 Å². The van der Waals surface area contributed by atoms with E-state index >= 15 is 0 Å². The molecule has 11 heteroatoms. The number of nitrogens with zero attached hydrogens (tertiary/aromatic N) is 2. The van der Waals surface area contributed by atoms with E-state index in [1.807, 2.05) is 0 Å². The molecule has 1 aliphatic rings. The molecule has 32 heavy (non-hydrogen) atoms. The number of ether oxygens (including phenoxy) is 2. The highest BCUT2D eigenvalue weighted by atomic mass is 35.5. The second-order valence-electron chi connectivity index (χ2n) is 7.37. The van der Waals surface area contributed by atoms with Crippen LogP contribution in [0.1, 0.15) is 32.8 Å². The van der Waals surface area contributed by atoms with Crippen molar-refractivity contribution in [3.05, 3.63) is 51.3 Å². The van der Waals surface area contributed by atoms with Crippen molar-refractivity contribution in [2.75, 3.05) is 39.4 Å². The lowest BCUT2D eigenvalue weighted by atomic mass is 10.2. The number of amides is 2. The normalized spacial score (nSPS) is 14.2. The van der Waals surface area contributed by atoms with Crippen LogP contribution in [-0.2, 0) is 18.4 Å². The summed E-state index contributed by atoms with van der Waals surface area (Å²) in [4.78, 5) is 27.3. The number of halogens is 2. The van der Waals surface area contributed by atoms with Gasteiger partial charge in [0.25, 0.3) is 11.8 Å². The second kappa shape index (κ2) is 11.5. The van der Waals surface area contributed by atoms with Crippen LogP contribution in [0.4, 0.5) is 0 Å². The van der Waals surface area contributed by atoms with Gasteiger partial charge >= 0.3 is 0 Å². The SMILES string of the molecule is Cn1cc(C(=O)NO)c(OCc2ccc(Cl)c(Cl)c2)c1C(=O)NCCCN1CCOCC1. The number of hydrogen-bond acceptors (Lipinski definition) is 6. The average molecular weight is 485 g/mol. The lowest BCUT2D eigenvalue weighted by molar-refractivity contribution is 0.0374. The lowest BCUT2D eigenvalue weighted by Crippen LogP contribution is -2.38. The molecule has 1 saturated heterocycles. The molecular formula is C21H26Cl2N4O5. The van der Waals surface area contributed by atoms with E-state index in [4.69, 9.17) is 37.9 Å². The van der Waals surface area contributed by atoms with Crippen LogP contribution in [0.25, 0.3) is 0 Å². The maximum Gasteiger partial charge on any atom is 0.279 e. The Kier molecular flexibility index (Phi) is 8.77. The number of hydrogen-bond donors (Lipinski definition) is 3. The van der Waals surface area contributed by atoms with Crippen molar-refractivity contribution in [3.8, 4) is 5.75 Å². The Morgan fingerprint density at radius 2 is 1.94 bits per heavy atom. The fourth-order valence-corrected chi connectivity index (χ4v) is 3.75. The van der Waals surface area contributed by atoms with Gasteiger partial charge in [-0.25, -0.2) is 5.48 Å². The van der Waals surface area contributed by atoms with E-state index in [2.05, 4.69) is 10.2 Å². The number of rotatable bonds is 9. The van der Waals surface area contributed by atoms with E-state index in [0.29, 0.717) is 22.2 Å². The zero-order valence-electron chi connectivity index (χ0n) is 17.7. The molecule has 2 amide bonds. The van der Waals surface area contributed by atoms with Crippen LogP contribution in [0.5, 0.6) is 5.75 Å². The van der Waals surface area contributed by atoms with Crippen molar-refractivity contribution in [2.45, 2.75) is 13.0 Å². The zero-order valence-corrected chi connectivity index (χ0v) is 19.2. The first-order valence-electron chi connectivity index (χ1n) is 10.2. The Hall–Kier alpha value is -2.30. The fraction of sp³-hybridized carbons (Fsp3) is 0.429. The molecule has 0 atom stereocenters. The van der Waals surface area contributed by atoms with Crippen molar-refractivity contribution in [2.24, 2.45) is 7.05 Å². The molecule has 174 valence electrons. The molecule has 0 saturated carbocycles. The van der Waals surface area contributed by atoms with Crippen LogP contribution >= 0.6 is 23.2 Å². The summed E-state index contributed by atoms with van der Waals surface area (Å²) in [6, 6.07) is 5.01. The molecule has 0 bridgehead atoms. The van der Waals surface area contributed by atoms with E-state index in [1.54, 1.807) is 30.7 Å². The molecule has 1 fully saturated rings. The van der Waals surface area contributed by atoms with Crippen molar-refractivity contribution in [1.82, 2.24) is 20.3 Å². The van der Waals surface area contributed by atoms with Crippen molar-refractivity contribution < 1.29 is 24.3 Å². The molecule has 1 aliphatic heterocycles. The van der Waals surface area contributed by atoms with Crippen LogP contribution in [0.3, 0.4) is 0 Å². The van der Waals surface area contributed by atoms with Gasteiger partial charge in [0.05, 0.1) is 23.3 Å². The third-order valence-corrected chi connectivity index (χ3v) is 5.84. The first-order chi connectivity index (χ1) is 15.4. The molecule has 1 aromatic heterocycles. The number of aryl methyl sites for hydroxylation is 1. The van der Waals surface area contributed by atoms with Crippen molar-refractivity contribution in [3.63, 3.8) is 0 Å². The monoisotopic (exact) mass is 484 g/mol. The van der Waals surface area contributed by atoms with Gasteiger partial charge in [-0.2, -0.15) is 0 Å². The van der Waals surface area contributed by atoms with E-state index < -0.39 is 5.91 Å². The van der Waals surface area contributed by atoms with Gasteiger partial charge in [-0.1, -0.05) is 29.3 Å². The summed E-state index contributed by atoms with van der Waals surface area (Å²) in [5.74, 6) is -1.09. The number of nitrogens with one attached hydrogen (secondary N) is 2. The maximum atomic E-state index is 12.9. The Bertz CT molecular complexity index is 960.